The third-order valence-corrected chi connectivity index (χ3v) is 7.95. The first-order chi connectivity index (χ1) is 20.9. The van der Waals surface area contributed by atoms with E-state index in [1.54, 1.807) is 13.0 Å². The zero-order valence-electron chi connectivity index (χ0n) is 25.4. The summed E-state index contributed by atoms with van der Waals surface area (Å²) in [6.07, 6.45) is 9.13. The second kappa shape index (κ2) is 14.4. The van der Waals surface area contributed by atoms with E-state index in [9.17, 15) is 4.79 Å². The number of unbranched alkanes of at least 4 members (excludes halogenated alkanes) is 1. The van der Waals surface area contributed by atoms with Crippen LogP contribution in [0.25, 0.3) is 11.3 Å². The van der Waals surface area contributed by atoms with Gasteiger partial charge < -0.3 is 19.8 Å². The van der Waals surface area contributed by atoms with Gasteiger partial charge in [-0.2, -0.15) is 5.10 Å². The van der Waals surface area contributed by atoms with Gasteiger partial charge in [-0.1, -0.05) is 37.6 Å². The Labute approximate surface area is 254 Å². The molecule has 0 saturated carbocycles. The zero-order chi connectivity index (χ0) is 30.2. The van der Waals surface area contributed by atoms with Crippen molar-refractivity contribution in [2.45, 2.75) is 51.6 Å². The van der Waals surface area contributed by atoms with E-state index in [2.05, 4.69) is 18.9 Å². The van der Waals surface area contributed by atoms with Crippen LogP contribution in [0.2, 0.25) is 0 Å². The average Bonchev–Trinajstić information content (AvgIpc) is 3.37. The van der Waals surface area contributed by atoms with Crippen molar-refractivity contribution in [2.75, 3.05) is 39.9 Å². The summed E-state index contributed by atoms with van der Waals surface area (Å²) in [7, 11) is 2.06. The van der Waals surface area contributed by atoms with E-state index in [-0.39, 0.29) is 11.9 Å². The van der Waals surface area contributed by atoms with Crippen LogP contribution < -0.4 is 4.74 Å². The van der Waals surface area contributed by atoms with Crippen molar-refractivity contribution in [3.05, 3.63) is 72.3 Å². The predicted molar refractivity (Wildman–Crippen MR) is 171 cm³/mol. The zero-order valence-corrected chi connectivity index (χ0v) is 25.4. The molecule has 226 valence electrons. The highest BCUT2D eigenvalue weighted by molar-refractivity contribution is 6.06. The largest absolute Gasteiger partial charge is 0.457 e. The first-order valence-electron chi connectivity index (χ1n) is 15.2. The number of para-hydroxylation sites is 1. The number of aliphatic imine (C=N–C) groups is 1. The Bertz CT molecular complexity index is 1440. The van der Waals surface area contributed by atoms with Gasteiger partial charge in [-0.05, 0) is 69.6 Å². The number of piperidine rings is 1. The number of hydrogen-bond donors (Lipinski definition) is 1. The highest BCUT2D eigenvalue weighted by Crippen LogP contribution is 2.36. The standard InChI is InChI=1S/C34H42N6O3/c1-4-5-19-36-34-32(25(2)35)33(26-15-17-30(18-16-26)43-29-12-7-6-8-13-29)37-40(34)27-11-9-21-39(22-27)31(41)14-10-20-38(3)28-23-42-24-28/h6-8,10,12-19,27-28,35H,4-5,9,11,20-24H2,1-3H3. The highest BCUT2D eigenvalue weighted by Gasteiger charge is 2.30. The molecule has 1 amide bonds. The molecule has 9 nitrogen and oxygen atoms in total. The quantitative estimate of drug-likeness (QED) is 0.200. The number of amides is 1. The number of aromatic nitrogens is 2. The number of likely N-dealkylation sites (tertiary alicyclic amines) is 1. The van der Waals surface area contributed by atoms with Crippen LogP contribution in [0.4, 0.5) is 5.82 Å². The minimum atomic E-state index is -0.0396. The SMILES string of the molecule is CCCC=Nc1c(C(C)=N)c(-c2ccc(Oc3ccccc3)cc2)nn1C1CCCN(C(=O)C=CCN(C)C2COC2)C1. The fourth-order valence-corrected chi connectivity index (χ4v) is 5.34. The lowest BCUT2D eigenvalue weighted by Gasteiger charge is -2.34. The van der Waals surface area contributed by atoms with E-state index in [1.807, 2.05) is 76.5 Å². The van der Waals surface area contributed by atoms with Crippen LogP contribution in [-0.2, 0) is 9.53 Å². The lowest BCUT2D eigenvalue weighted by Crippen LogP contribution is -2.47. The maximum atomic E-state index is 13.2. The fraction of sp³-hybridized carbons (Fsp3) is 0.412. The summed E-state index contributed by atoms with van der Waals surface area (Å²) < 4.78 is 13.2. The molecule has 9 heteroatoms. The monoisotopic (exact) mass is 582 g/mol. The van der Waals surface area contributed by atoms with Crippen LogP contribution in [0.5, 0.6) is 11.5 Å². The number of ether oxygens (including phenoxy) is 2. The van der Waals surface area contributed by atoms with E-state index in [1.165, 1.54) is 0 Å². The molecule has 2 fully saturated rings. The molecule has 2 saturated heterocycles. The lowest BCUT2D eigenvalue weighted by molar-refractivity contribution is -0.127. The molecular weight excluding hydrogens is 540 g/mol. The molecule has 43 heavy (non-hydrogen) atoms. The van der Waals surface area contributed by atoms with Crippen molar-refractivity contribution in [1.29, 1.82) is 5.41 Å². The molecule has 0 aliphatic carbocycles. The number of carbonyl (C=O) groups excluding carboxylic acids is 1. The molecule has 1 atom stereocenters. The number of rotatable bonds is 12. The van der Waals surface area contributed by atoms with Gasteiger partial charge in [0.05, 0.1) is 30.9 Å². The minimum absolute atomic E-state index is 0.0174. The number of hydrogen-bond acceptors (Lipinski definition) is 7. The number of nitrogens with one attached hydrogen (secondary N) is 1. The molecule has 3 aromatic rings. The lowest BCUT2D eigenvalue weighted by atomic mass is 10.0. The topological polar surface area (TPSA) is 96.0 Å². The van der Waals surface area contributed by atoms with E-state index >= 15 is 0 Å². The Morgan fingerprint density at radius 2 is 1.91 bits per heavy atom. The van der Waals surface area contributed by atoms with Crippen molar-refractivity contribution in [3.8, 4) is 22.8 Å². The van der Waals surface area contributed by atoms with E-state index in [4.69, 9.17) is 25.0 Å². The second-order valence-electron chi connectivity index (χ2n) is 11.3. The molecule has 2 aliphatic rings. The summed E-state index contributed by atoms with van der Waals surface area (Å²) in [5.41, 5.74) is 2.73. The van der Waals surface area contributed by atoms with Gasteiger partial charge in [-0.15, -0.1) is 0 Å². The molecule has 2 aliphatic heterocycles. The molecule has 0 radical (unpaired) electrons. The van der Waals surface area contributed by atoms with Gasteiger partial charge in [0.2, 0.25) is 5.91 Å². The first kappa shape index (κ1) is 30.4. The van der Waals surface area contributed by atoms with Gasteiger partial charge in [0, 0.05) is 43.2 Å². The van der Waals surface area contributed by atoms with Crippen LogP contribution in [0.3, 0.4) is 0 Å². The summed E-state index contributed by atoms with van der Waals surface area (Å²) in [4.78, 5) is 22.1. The van der Waals surface area contributed by atoms with Gasteiger partial charge in [0.15, 0.2) is 5.82 Å². The summed E-state index contributed by atoms with van der Waals surface area (Å²) in [6.45, 7) is 7.39. The predicted octanol–water partition coefficient (Wildman–Crippen LogP) is 6.28. The maximum absolute atomic E-state index is 13.2. The van der Waals surface area contributed by atoms with Gasteiger partial charge in [0.25, 0.3) is 0 Å². The van der Waals surface area contributed by atoms with Crippen LogP contribution >= 0.6 is 0 Å². The molecule has 0 spiro atoms. The fourth-order valence-electron chi connectivity index (χ4n) is 5.34. The molecule has 1 N–H and O–H groups in total. The van der Waals surface area contributed by atoms with Crippen LogP contribution in [0.1, 0.15) is 51.1 Å². The van der Waals surface area contributed by atoms with Gasteiger partial charge in [-0.3, -0.25) is 9.69 Å². The number of likely N-dealkylation sites (N-methyl/N-ethyl adjacent to an activating group) is 1. The third-order valence-electron chi connectivity index (χ3n) is 7.95. The number of nitrogens with zero attached hydrogens (tertiary/aromatic N) is 5. The van der Waals surface area contributed by atoms with Gasteiger partial charge in [-0.25, -0.2) is 9.67 Å². The Morgan fingerprint density at radius 3 is 2.58 bits per heavy atom. The molecule has 3 heterocycles. The van der Waals surface area contributed by atoms with E-state index in [0.29, 0.717) is 42.9 Å². The molecule has 0 bridgehead atoms. The van der Waals surface area contributed by atoms with Crippen LogP contribution in [0.15, 0.2) is 71.7 Å². The van der Waals surface area contributed by atoms with Gasteiger partial charge >= 0.3 is 0 Å². The molecule has 2 aromatic carbocycles. The van der Waals surface area contributed by atoms with Crippen molar-refractivity contribution in [3.63, 3.8) is 0 Å². The van der Waals surface area contributed by atoms with Crippen LogP contribution in [-0.4, -0.2) is 83.4 Å². The molecule has 1 aromatic heterocycles. The van der Waals surface area contributed by atoms with Crippen molar-refractivity contribution >= 4 is 23.7 Å². The number of benzene rings is 2. The van der Waals surface area contributed by atoms with E-state index in [0.717, 1.165) is 61.5 Å². The Hall–Kier alpha value is -4.08. The van der Waals surface area contributed by atoms with Crippen molar-refractivity contribution in [1.82, 2.24) is 19.6 Å². The summed E-state index contributed by atoms with van der Waals surface area (Å²) in [5, 5.41) is 13.8. The van der Waals surface area contributed by atoms with E-state index < -0.39 is 0 Å². The minimum Gasteiger partial charge on any atom is -0.457 e. The summed E-state index contributed by atoms with van der Waals surface area (Å²) in [6, 6.07) is 17.9. The second-order valence-corrected chi connectivity index (χ2v) is 11.3. The molecule has 1 unspecified atom stereocenters. The third kappa shape index (κ3) is 7.47. The normalized spacial score (nSPS) is 17.6. The Morgan fingerprint density at radius 1 is 1.16 bits per heavy atom. The summed E-state index contributed by atoms with van der Waals surface area (Å²) >= 11 is 0. The maximum Gasteiger partial charge on any atom is 0.246 e. The average molecular weight is 583 g/mol. The van der Waals surface area contributed by atoms with Crippen LogP contribution in [0, 0.1) is 5.41 Å². The number of carbonyl (C=O) groups is 1. The smallest absolute Gasteiger partial charge is 0.246 e. The molecule has 5 rings (SSSR count). The van der Waals surface area contributed by atoms with Crippen molar-refractivity contribution < 1.29 is 14.3 Å². The summed E-state index contributed by atoms with van der Waals surface area (Å²) in [5.74, 6) is 2.20. The highest BCUT2D eigenvalue weighted by atomic mass is 16.5. The first-order valence-corrected chi connectivity index (χ1v) is 15.2. The van der Waals surface area contributed by atoms with Gasteiger partial charge in [0.1, 0.15) is 17.2 Å². The Balaban J connectivity index is 1.39. The Kier molecular flexibility index (Phi) is 10.2. The van der Waals surface area contributed by atoms with Crippen molar-refractivity contribution in [2.24, 2.45) is 4.99 Å². The molecular formula is C34H42N6O3.